The maximum atomic E-state index is 12.1. The Morgan fingerprint density at radius 1 is 0.929 bits per heavy atom. The van der Waals surface area contributed by atoms with Gasteiger partial charge in [-0.1, -0.05) is 26.0 Å². The van der Waals surface area contributed by atoms with Crippen LogP contribution in [0, 0.1) is 5.92 Å². The van der Waals surface area contributed by atoms with E-state index in [1.54, 1.807) is 30.3 Å². The molecule has 2 aromatic rings. The molecule has 0 saturated heterocycles. The molecule has 2 N–H and O–H groups in total. The van der Waals surface area contributed by atoms with Crippen LogP contribution in [0.4, 0.5) is 0 Å². The van der Waals surface area contributed by atoms with Crippen molar-refractivity contribution in [3.63, 3.8) is 0 Å². The summed E-state index contributed by atoms with van der Waals surface area (Å²) >= 11 is 0. The molecule has 0 fully saturated rings. The quantitative estimate of drug-likeness (QED) is 0.540. The number of carbonyl (C=O) groups is 2. The summed E-state index contributed by atoms with van der Waals surface area (Å²) in [4.78, 5) is 24.0. The molecule has 0 aliphatic carbocycles. The van der Waals surface area contributed by atoms with E-state index in [0.29, 0.717) is 30.4 Å². The zero-order valence-corrected chi connectivity index (χ0v) is 16.4. The summed E-state index contributed by atoms with van der Waals surface area (Å²) in [6, 6.07) is 14.1. The fourth-order valence-electron chi connectivity index (χ4n) is 2.21. The fraction of sp³-hybridized carbons (Fsp3) is 0.273. The maximum Gasteiger partial charge on any atom is 0.269 e. The Bertz CT molecular complexity index is 796. The Morgan fingerprint density at radius 3 is 2.14 bits per heavy atom. The van der Waals surface area contributed by atoms with Crippen molar-refractivity contribution < 1.29 is 19.1 Å². The number of carbonyl (C=O) groups excluding carboxylic acids is 2. The zero-order valence-electron chi connectivity index (χ0n) is 16.4. The minimum Gasteiger partial charge on any atom is -0.494 e. The van der Waals surface area contributed by atoms with Crippen LogP contribution in [0.25, 0.3) is 6.08 Å². The van der Waals surface area contributed by atoms with Crippen LogP contribution in [0.3, 0.4) is 0 Å². The van der Waals surface area contributed by atoms with E-state index in [9.17, 15) is 9.59 Å². The highest BCUT2D eigenvalue weighted by Gasteiger charge is 2.06. The van der Waals surface area contributed by atoms with E-state index >= 15 is 0 Å². The van der Waals surface area contributed by atoms with Crippen molar-refractivity contribution >= 4 is 17.9 Å². The van der Waals surface area contributed by atoms with Crippen LogP contribution in [-0.4, -0.2) is 25.0 Å². The van der Waals surface area contributed by atoms with Gasteiger partial charge in [-0.15, -0.1) is 0 Å². The maximum absolute atomic E-state index is 12.1. The third-order valence-electron chi connectivity index (χ3n) is 3.62. The molecular weight excluding hydrogens is 356 g/mol. The number of ether oxygens (including phenoxy) is 2. The minimum absolute atomic E-state index is 0.404. The van der Waals surface area contributed by atoms with E-state index in [0.717, 1.165) is 11.3 Å². The molecule has 2 amide bonds. The molecular formula is C22H26N2O4. The van der Waals surface area contributed by atoms with Crippen LogP contribution in [0.5, 0.6) is 11.5 Å². The largest absolute Gasteiger partial charge is 0.494 e. The second kappa shape index (κ2) is 10.8. The summed E-state index contributed by atoms with van der Waals surface area (Å²) in [7, 11) is 0. The molecule has 28 heavy (non-hydrogen) atoms. The van der Waals surface area contributed by atoms with Crippen LogP contribution < -0.4 is 20.3 Å². The van der Waals surface area contributed by atoms with Crippen molar-refractivity contribution in [1.82, 2.24) is 10.9 Å². The van der Waals surface area contributed by atoms with Crippen molar-refractivity contribution in [2.24, 2.45) is 5.92 Å². The van der Waals surface area contributed by atoms with Gasteiger partial charge in [0.2, 0.25) is 0 Å². The molecule has 0 unspecified atom stereocenters. The molecule has 0 radical (unpaired) electrons. The second-order valence-electron chi connectivity index (χ2n) is 6.51. The number of rotatable bonds is 8. The molecule has 0 atom stereocenters. The van der Waals surface area contributed by atoms with Crippen LogP contribution in [0.1, 0.15) is 36.7 Å². The van der Waals surface area contributed by atoms with E-state index < -0.39 is 11.8 Å². The topological polar surface area (TPSA) is 76.7 Å². The van der Waals surface area contributed by atoms with Gasteiger partial charge in [-0.2, -0.15) is 0 Å². The molecule has 0 bridgehead atoms. The molecule has 6 nitrogen and oxygen atoms in total. The summed E-state index contributed by atoms with van der Waals surface area (Å²) in [6.45, 7) is 7.26. The number of nitrogens with one attached hydrogen (secondary N) is 2. The summed E-state index contributed by atoms with van der Waals surface area (Å²) in [5.41, 5.74) is 6.01. The lowest BCUT2D eigenvalue weighted by Gasteiger charge is -2.09. The van der Waals surface area contributed by atoms with Crippen molar-refractivity contribution in [3.8, 4) is 11.5 Å². The highest BCUT2D eigenvalue weighted by Crippen LogP contribution is 2.14. The van der Waals surface area contributed by atoms with Crippen LogP contribution in [0.15, 0.2) is 54.6 Å². The molecule has 0 spiro atoms. The van der Waals surface area contributed by atoms with Gasteiger partial charge >= 0.3 is 0 Å². The first-order valence-corrected chi connectivity index (χ1v) is 9.22. The van der Waals surface area contributed by atoms with Crippen molar-refractivity contribution in [3.05, 3.63) is 65.7 Å². The first kappa shape index (κ1) is 21.0. The molecule has 0 saturated carbocycles. The molecule has 2 aromatic carbocycles. The fourth-order valence-corrected chi connectivity index (χ4v) is 2.21. The average molecular weight is 382 g/mol. The average Bonchev–Trinajstić information content (AvgIpc) is 2.70. The van der Waals surface area contributed by atoms with E-state index in [2.05, 4.69) is 24.7 Å². The van der Waals surface area contributed by atoms with Gasteiger partial charge in [-0.25, -0.2) is 0 Å². The van der Waals surface area contributed by atoms with Gasteiger partial charge in [-0.05, 0) is 60.9 Å². The first-order chi connectivity index (χ1) is 13.5. The van der Waals surface area contributed by atoms with Gasteiger partial charge in [-0.3, -0.25) is 20.4 Å². The Labute approximate surface area is 165 Å². The normalized spacial score (nSPS) is 10.7. The lowest BCUT2D eigenvalue weighted by molar-refractivity contribution is -0.117. The molecule has 2 rings (SSSR count). The standard InChI is InChI=1S/C22H26N2O4/c1-4-27-19-10-5-17(6-11-19)7-14-21(25)23-24-22(26)18-8-12-20(13-9-18)28-15-16(2)3/h5-14,16H,4,15H2,1-3H3,(H,23,25)(H,24,26)/b14-7+. The highest BCUT2D eigenvalue weighted by atomic mass is 16.5. The minimum atomic E-state index is -0.431. The molecule has 0 aliphatic rings. The van der Waals surface area contributed by atoms with Crippen LogP contribution in [-0.2, 0) is 4.79 Å². The van der Waals surface area contributed by atoms with Gasteiger partial charge in [0, 0.05) is 11.6 Å². The molecule has 0 aliphatic heterocycles. The van der Waals surface area contributed by atoms with Gasteiger partial charge in [0.15, 0.2) is 0 Å². The smallest absolute Gasteiger partial charge is 0.269 e. The second-order valence-corrected chi connectivity index (χ2v) is 6.51. The lowest BCUT2D eigenvalue weighted by Crippen LogP contribution is -2.40. The van der Waals surface area contributed by atoms with Gasteiger partial charge in [0.25, 0.3) is 11.8 Å². The lowest BCUT2D eigenvalue weighted by atomic mass is 10.2. The molecule has 0 aromatic heterocycles. The number of hydrazine groups is 1. The van der Waals surface area contributed by atoms with Crippen LogP contribution >= 0.6 is 0 Å². The van der Waals surface area contributed by atoms with E-state index in [1.807, 2.05) is 31.2 Å². The van der Waals surface area contributed by atoms with Crippen molar-refractivity contribution in [2.75, 3.05) is 13.2 Å². The van der Waals surface area contributed by atoms with Crippen molar-refractivity contribution in [2.45, 2.75) is 20.8 Å². The van der Waals surface area contributed by atoms with Crippen LogP contribution in [0.2, 0.25) is 0 Å². The Hall–Kier alpha value is -3.28. The number of benzene rings is 2. The van der Waals surface area contributed by atoms with E-state index in [1.165, 1.54) is 6.08 Å². The third kappa shape index (κ3) is 7.15. The Balaban J connectivity index is 1.80. The summed E-state index contributed by atoms with van der Waals surface area (Å²) in [5, 5.41) is 0. The number of hydrogen-bond acceptors (Lipinski definition) is 4. The molecule has 0 heterocycles. The van der Waals surface area contributed by atoms with E-state index in [-0.39, 0.29) is 0 Å². The first-order valence-electron chi connectivity index (χ1n) is 9.22. The predicted octanol–water partition coefficient (Wildman–Crippen LogP) is 3.59. The number of amides is 2. The predicted molar refractivity (Wildman–Crippen MR) is 109 cm³/mol. The summed E-state index contributed by atoms with van der Waals surface area (Å²) < 4.78 is 10.9. The van der Waals surface area contributed by atoms with Gasteiger partial charge in [0.05, 0.1) is 13.2 Å². The summed E-state index contributed by atoms with van der Waals surface area (Å²) in [6.07, 6.45) is 3.00. The monoisotopic (exact) mass is 382 g/mol. The SMILES string of the molecule is CCOc1ccc(/C=C/C(=O)NNC(=O)c2ccc(OCC(C)C)cc2)cc1. The van der Waals surface area contributed by atoms with Crippen molar-refractivity contribution in [1.29, 1.82) is 0 Å². The molecule has 6 heteroatoms. The zero-order chi connectivity index (χ0) is 20.4. The third-order valence-corrected chi connectivity index (χ3v) is 3.62. The summed E-state index contributed by atoms with van der Waals surface area (Å²) in [5.74, 6) is 1.07. The van der Waals surface area contributed by atoms with E-state index in [4.69, 9.17) is 9.47 Å². The Kier molecular flexibility index (Phi) is 8.09. The Morgan fingerprint density at radius 2 is 1.54 bits per heavy atom. The van der Waals surface area contributed by atoms with Gasteiger partial charge < -0.3 is 9.47 Å². The molecule has 148 valence electrons. The number of hydrogen-bond donors (Lipinski definition) is 2. The van der Waals surface area contributed by atoms with Gasteiger partial charge in [0.1, 0.15) is 11.5 Å². The highest BCUT2D eigenvalue weighted by molar-refractivity contribution is 5.97.